The van der Waals surface area contributed by atoms with Gasteiger partial charge in [-0.2, -0.15) is 10.2 Å². The average Bonchev–Trinajstić information content (AvgIpc) is 3.51. The largest absolute Gasteiger partial charge is 0.382 e. The normalized spacial score (nSPS) is 12.0. The van der Waals surface area contributed by atoms with Gasteiger partial charge in [-0.05, 0) is 31.9 Å². The van der Waals surface area contributed by atoms with E-state index in [1.165, 1.54) is 0 Å². The molecule has 11 heteroatoms. The highest BCUT2D eigenvalue weighted by Gasteiger charge is 2.20. The summed E-state index contributed by atoms with van der Waals surface area (Å²) in [5, 5.41) is 26.2. The lowest BCUT2D eigenvalue weighted by Gasteiger charge is -2.03. The number of hydrogen-bond donors (Lipinski definition) is 1. The molecular formula is C20H24Br2N6O3. The first-order chi connectivity index (χ1) is 14.8. The summed E-state index contributed by atoms with van der Waals surface area (Å²) in [4.78, 5) is 0. The fraction of sp³-hybridized carbons (Fsp3) is 0.400. The molecule has 0 radical (unpaired) electrons. The van der Waals surface area contributed by atoms with E-state index in [2.05, 4.69) is 52.4 Å². The van der Waals surface area contributed by atoms with Gasteiger partial charge in [-0.1, -0.05) is 24.2 Å². The minimum atomic E-state index is -0.813. The van der Waals surface area contributed by atoms with Gasteiger partial charge in [-0.25, -0.2) is 0 Å². The third-order valence-corrected chi connectivity index (χ3v) is 5.78. The summed E-state index contributed by atoms with van der Waals surface area (Å²) in [6, 6.07) is 3.74. The van der Waals surface area contributed by atoms with Crippen molar-refractivity contribution in [3.8, 4) is 0 Å². The molecule has 1 atom stereocenters. The molecule has 9 nitrogen and oxygen atoms in total. The van der Waals surface area contributed by atoms with Gasteiger partial charge in [0.25, 0.3) is 0 Å². The van der Waals surface area contributed by atoms with E-state index in [0.29, 0.717) is 15.9 Å². The Morgan fingerprint density at radius 1 is 0.935 bits per heavy atom. The summed E-state index contributed by atoms with van der Waals surface area (Å²) < 4.78 is 15.1. The van der Waals surface area contributed by atoms with Crippen molar-refractivity contribution in [2.24, 2.45) is 14.1 Å². The smallest absolute Gasteiger partial charge is 0.136 e. The Morgan fingerprint density at radius 3 is 2.06 bits per heavy atom. The topological polar surface area (TPSA) is 108 Å². The maximum absolute atomic E-state index is 10.1. The van der Waals surface area contributed by atoms with Crippen LogP contribution >= 0.6 is 31.9 Å². The van der Waals surface area contributed by atoms with Crippen LogP contribution in [0.5, 0.6) is 0 Å². The van der Waals surface area contributed by atoms with Gasteiger partial charge in [0, 0.05) is 69.0 Å². The van der Waals surface area contributed by atoms with Gasteiger partial charge in [-0.15, -0.1) is 0 Å². The number of halogens is 2. The monoisotopic (exact) mass is 554 g/mol. The molecule has 4 aromatic heterocycles. The standard InChI is InChI=1S/C10H12BrN3O2.C10H12BrN3O/c1-3-6-4-8(13-16-6)9(15)7-5-14(2)12-10(7)11;1-3-9-5-8(13-15-9)4-7-6-14(2)12-10(7)11/h4-5,9,15H,3H2,1-2H3;5-6H,3-4H2,1-2H3. The molecule has 0 fully saturated rings. The Kier molecular flexibility index (Phi) is 7.84. The molecule has 0 aliphatic carbocycles. The van der Waals surface area contributed by atoms with Crippen LogP contribution in [0.25, 0.3) is 0 Å². The van der Waals surface area contributed by atoms with Crippen LogP contribution in [0, 0.1) is 0 Å². The molecule has 0 saturated heterocycles. The van der Waals surface area contributed by atoms with Crippen LogP contribution in [0.3, 0.4) is 0 Å². The third kappa shape index (κ3) is 5.92. The fourth-order valence-electron chi connectivity index (χ4n) is 2.88. The lowest BCUT2D eigenvalue weighted by atomic mass is 10.1. The van der Waals surface area contributed by atoms with Crippen molar-refractivity contribution in [2.45, 2.75) is 39.2 Å². The van der Waals surface area contributed by atoms with E-state index in [1.807, 2.05) is 33.2 Å². The molecule has 0 amide bonds. The maximum atomic E-state index is 10.1. The average molecular weight is 556 g/mol. The van der Waals surface area contributed by atoms with E-state index >= 15 is 0 Å². The Balaban J connectivity index is 0.000000176. The number of aryl methyl sites for hydroxylation is 4. The molecular weight excluding hydrogens is 532 g/mol. The van der Waals surface area contributed by atoms with E-state index in [9.17, 15) is 5.11 Å². The number of aliphatic hydroxyl groups excluding tert-OH is 1. The van der Waals surface area contributed by atoms with E-state index in [4.69, 9.17) is 9.05 Å². The predicted octanol–water partition coefficient (Wildman–Crippen LogP) is 4.14. The molecule has 0 aliphatic heterocycles. The van der Waals surface area contributed by atoms with Crippen molar-refractivity contribution in [3.63, 3.8) is 0 Å². The molecule has 31 heavy (non-hydrogen) atoms. The van der Waals surface area contributed by atoms with E-state index < -0.39 is 6.10 Å². The molecule has 1 N–H and O–H groups in total. The molecule has 4 rings (SSSR count). The highest BCUT2D eigenvalue weighted by Crippen LogP contribution is 2.27. The Labute approximate surface area is 196 Å². The van der Waals surface area contributed by atoms with Gasteiger partial charge >= 0.3 is 0 Å². The Morgan fingerprint density at radius 2 is 1.55 bits per heavy atom. The molecule has 4 heterocycles. The summed E-state index contributed by atoms with van der Waals surface area (Å²) in [6.45, 7) is 4.01. The summed E-state index contributed by atoms with van der Waals surface area (Å²) >= 11 is 6.70. The van der Waals surface area contributed by atoms with Crippen LogP contribution < -0.4 is 0 Å². The second-order valence-corrected chi connectivity index (χ2v) is 8.46. The fourth-order valence-corrected chi connectivity index (χ4v) is 3.94. The zero-order valence-electron chi connectivity index (χ0n) is 17.7. The molecule has 0 aliphatic rings. The van der Waals surface area contributed by atoms with Crippen LogP contribution in [-0.4, -0.2) is 35.0 Å². The Bertz CT molecular complexity index is 1130. The number of rotatable bonds is 6. The van der Waals surface area contributed by atoms with Crippen LogP contribution in [0.15, 0.2) is 42.8 Å². The number of hydrogen-bond acceptors (Lipinski definition) is 7. The summed E-state index contributed by atoms with van der Waals surface area (Å²) in [5.74, 6) is 1.68. The van der Waals surface area contributed by atoms with Gasteiger partial charge < -0.3 is 14.2 Å². The van der Waals surface area contributed by atoms with Crippen molar-refractivity contribution in [3.05, 3.63) is 67.8 Å². The van der Waals surface area contributed by atoms with Gasteiger partial charge in [-0.3, -0.25) is 9.36 Å². The zero-order valence-corrected chi connectivity index (χ0v) is 20.9. The van der Waals surface area contributed by atoms with Gasteiger partial charge in [0.2, 0.25) is 0 Å². The van der Waals surface area contributed by atoms with E-state index in [0.717, 1.165) is 46.6 Å². The Hall–Kier alpha value is -2.24. The molecule has 0 aromatic carbocycles. The summed E-state index contributed by atoms with van der Waals surface area (Å²) in [5.41, 5.74) is 3.25. The van der Waals surface area contributed by atoms with Crippen molar-refractivity contribution in [1.82, 2.24) is 29.9 Å². The highest BCUT2D eigenvalue weighted by molar-refractivity contribution is 9.10. The van der Waals surface area contributed by atoms with Crippen molar-refractivity contribution >= 4 is 31.9 Å². The molecule has 1 unspecified atom stereocenters. The lowest BCUT2D eigenvalue weighted by Crippen LogP contribution is -1.99. The molecule has 4 aromatic rings. The van der Waals surface area contributed by atoms with E-state index in [-0.39, 0.29) is 0 Å². The van der Waals surface area contributed by atoms with Crippen LogP contribution in [-0.2, 0) is 33.4 Å². The van der Waals surface area contributed by atoms with Crippen LogP contribution in [0.2, 0.25) is 0 Å². The third-order valence-electron chi connectivity index (χ3n) is 4.49. The molecule has 166 valence electrons. The number of nitrogens with zero attached hydrogens (tertiary/aromatic N) is 6. The quantitative estimate of drug-likeness (QED) is 0.381. The van der Waals surface area contributed by atoms with Crippen LogP contribution in [0.1, 0.15) is 54.0 Å². The minimum Gasteiger partial charge on any atom is -0.382 e. The van der Waals surface area contributed by atoms with Crippen molar-refractivity contribution < 1.29 is 14.2 Å². The first-order valence-electron chi connectivity index (χ1n) is 9.75. The predicted molar refractivity (Wildman–Crippen MR) is 120 cm³/mol. The highest BCUT2D eigenvalue weighted by atomic mass is 79.9. The second-order valence-electron chi connectivity index (χ2n) is 6.96. The molecule has 0 bridgehead atoms. The number of aliphatic hydroxyl groups is 1. The summed E-state index contributed by atoms with van der Waals surface area (Å²) in [6.07, 6.45) is 5.29. The second kappa shape index (κ2) is 10.4. The first kappa shape index (κ1) is 23.4. The van der Waals surface area contributed by atoms with Crippen molar-refractivity contribution in [2.75, 3.05) is 0 Å². The molecule has 0 saturated carbocycles. The van der Waals surface area contributed by atoms with Gasteiger partial charge in [0.1, 0.15) is 32.5 Å². The first-order valence-corrected chi connectivity index (χ1v) is 11.3. The summed E-state index contributed by atoms with van der Waals surface area (Å²) in [7, 11) is 3.69. The van der Waals surface area contributed by atoms with E-state index in [1.54, 1.807) is 28.7 Å². The lowest BCUT2D eigenvalue weighted by molar-refractivity contribution is 0.207. The minimum absolute atomic E-state index is 0.505. The van der Waals surface area contributed by atoms with Crippen LogP contribution in [0.4, 0.5) is 0 Å². The van der Waals surface area contributed by atoms with Crippen molar-refractivity contribution in [1.29, 1.82) is 0 Å². The van der Waals surface area contributed by atoms with Gasteiger partial charge in [0.15, 0.2) is 0 Å². The SMILES string of the molecule is CCc1cc(C(O)c2cn(C)nc2Br)no1.CCc1cc(Cc2cn(C)nc2Br)no1. The molecule has 0 spiro atoms. The number of aromatic nitrogens is 6. The van der Waals surface area contributed by atoms with Gasteiger partial charge in [0.05, 0.1) is 5.69 Å². The maximum Gasteiger partial charge on any atom is 0.136 e. The zero-order chi connectivity index (χ0) is 22.5.